The molecule has 0 bridgehead atoms. The molecule has 0 radical (unpaired) electrons. The van der Waals surface area contributed by atoms with Gasteiger partial charge in [0.05, 0.1) is 5.75 Å². The Morgan fingerprint density at radius 1 is 1.44 bits per heavy atom. The number of anilines is 1. The molecule has 0 fully saturated rings. The van der Waals surface area contributed by atoms with Gasteiger partial charge in [-0.25, -0.2) is 13.2 Å². The molecule has 2 N–H and O–H groups in total. The summed E-state index contributed by atoms with van der Waals surface area (Å²) in [5.74, 6) is -0.834. The van der Waals surface area contributed by atoms with E-state index in [2.05, 4.69) is 15.5 Å². The van der Waals surface area contributed by atoms with E-state index in [0.717, 1.165) is 6.26 Å². The second kappa shape index (κ2) is 4.88. The Balaban J connectivity index is 2.53. The molecule has 0 spiro atoms. The molecule has 7 nitrogen and oxygen atoms in total. The molecule has 0 atom stereocenters. The Morgan fingerprint density at radius 2 is 2.12 bits per heavy atom. The van der Waals surface area contributed by atoms with E-state index in [4.69, 9.17) is 5.11 Å². The maximum absolute atomic E-state index is 10.8. The number of aromatic nitrogens is 2. The summed E-state index contributed by atoms with van der Waals surface area (Å²) in [6.45, 7) is 0.208. The van der Waals surface area contributed by atoms with Crippen LogP contribution in [0.25, 0.3) is 0 Å². The van der Waals surface area contributed by atoms with Gasteiger partial charge in [-0.05, 0) is 12.1 Å². The van der Waals surface area contributed by atoms with E-state index >= 15 is 0 Å². The molecule has 0 amide bonds. The molecule has 0 unspecified atom stereocenters. The standard InChI is InChI=1S/C8H11N3O4S/c1-16(14,15)5-4-9-7-3-2-6(8(12)13)10-11-7/h2-3H,4-5H2,1H3,(H,9,11)(H,12,13). The van der Waals surface area contributed by atoms with Gasteiger partial charge in [-0.15, -0.1) is 10.2 Å². The number of carboxylic acids is 1. The van der Waals surface area contributed by atoms with Crippen molar-refractivity contribution in [2.24, 2.45) is 0 Å². The fourth-order valence-electron chi connectivity index (χ4n) is 0.905. The average Bonchev–Trinajstić information content (AvgIpc) is 2.16. The fraction of sp³-hybridized carbons (Fsp3) is 0.375. The maximum atomic E-state index is 10.8. The summed E-state index contributed by atoms with van der Waals surface area (Å²) in [7, 11) is -3.02. The van der Waals surface area contributed by atoms with Gasteiger partial charge in [0.2, 0.25) is 0 Å². The lowest BCUT2D eigenvalue weighted by atomic mass is 10.4. The van der Waals surface area contributed by atoms with Crippen LogP contribution in [-0.4, -0.2) is 48.2 Å². The third kappa shape index (κ3) is 4.22. The van der Waals surface area contributed by atoms with Crippen LogP contribution in [0.5, 0.6) is 0 Å². The molecule has 0 aliphatic heterocycles. The molecule has 1 heterocycles. The van der Waals surface area contributed by atoms with Gasteiger partial charge in [0, 0.05) is 12.8 Å². The van der Waals surface area contributed by atoms with Crippen LogP contribution < -0.4 is 5.32 Å². The predicted molar refractivity (Wildman–Crippen MR) is 57.2 cm³/mol. The van der Waals surface area contributed by atoms with Crippen LogP contribution in [0.15, 0.2) is 12.1 Å². The van der Waals surface area contributed by atoms with Gasteiger partial charge in [0.15, 0.2) is 5.69 Å². The normalized spacial score (nSPS) is 11.1. The molecule has 1 rings (SSSR count). The fourth-order valence-corrected chi connectivity index (χ4v) is 1.38. The van der Waals surface area contributed by atoms with E-state index in [1.54, 1.807) is 0 Å². The molecule has 0 aromatic carbocycles. The summed E-state index contributed by atoms with van der Waals surface area (Å²) < 4.78 is 21.6. The molecule has 88 valence electrons. The van der Waals surface area contributed by atoms with Crippen molar-refractivity contribution in [2.75, 3.05) is 23.9 Å². The van der Waals surface area contributed by atoms with Crippen LogP contribution >= 0.6 is 0 Å². The molecule has 0 saturated carbocycles. The van der Waals surface area contributed by atoms with Gasteiger partial charge < -0.3 is 10.4 Å². The number of nitrogens with one attached hydrogen (secondary N) is 1. The summed E-state index contributed by atoms with van der Waals surface area (Å²) in [5.41, 5.74) is -0.159. The lowest BCUT2D eigenvalue weighted by Gasteiger charge is -2.03. The van der Waals surface area contributed by atoms with Crippen molar-refractivity contribution in [3.05, 3.63) is 17.8 Å². The molecule has 8 heteroatoms. The number of hydrogen-bond donors (Lipinski definition) is 2. The van der Waals surface area contributed by atoms with E-state index in [1.807, 2.05) is 0 Å². The highest BCUT2D eigenvalue weighted by atomic mass is 32.2. The van der Waals surface area contributed by atoms with Crippen molar-refractivity contribution in [2.45, 2.75) is 0 Å². The second-order valence-corrected chi connectivity index (χ2v) is 5.43. The number of carbonyl (C=O) groups is 1. The van der Waals surface area contributed by atoms with Crippen molar-refractivity contribution < 1.29 is 18.3 Å². The number of carboxylic acid groups (broad SMARTS) is 1. The van der Waals surface area contributed by atoms with Crippen molar-refractivity contribution in [3.63, 3.8) is 0 Å². The Labute approximate surface area is 92.4 Å². The van der Waals surface area contributed by atoms with Gasteiger partial charge in [-0.2, -0.15) is 0 Å². The molecule has 1 aromatic heterocycles. The van der Waals surface area contributed by atoms with E-state index in [0.29, 0.717) is 5.82 Å². The minimum Gasteiger partial charge on any atom is -0.476 e. The van der Waals surface area contributed by atoms with Crippen molar-refractivity contribution in [1.29, 1.82) is 0 Å². The molecule has 1 aromatic rings. The number of nitrogens with zero attached hydrogens (tertiary/aromatic N) is 2. The van der Waals surface area contributed by atoms with Crippen LogP contribution in [0.4, 0.5) is 5.82 Å². The van der Waals surface area contributed by atoms with Crippen molar-refractivity contribution >= 4 is 21.6 Å². The maximum Gasteiger partial charge on any atom is 0.356 e. The minimum absolute atomic E-state index is 0.0185. The highest BCUT2D eigenvalue weighted by molar-refractivity contribution is 7.90. The van der Waals surface area contributed by atoms with Crippen molar-refractivity contribution in [1.82, 2.24) is 10.2 Å². The summed E-state index contributed by atoms with van der Waals surface area (Å²) >= 11 is 0. The lowest BCUT2D eigenvalue weighted by Crippen LogP contribution is -2.15. The van der Waals surface area contributed by atoms with E-state index in [-0.39, 0.29) is 18.0 Å². The quantitative estimate of drug-likeness (QED) is 0.728. The SMILES string of the molecule is CS(=O)(=O)CCNc1ccc(C(=O)O)nn1. The van der Waals surface area contributed by atoms with Crippen LogP contribution in [0, 0.1) is 0 Å². The number of sulfone groups is 1. The molecular formula is C8H11N3O4S. The summed E-state index contributed by atoms with van der Waals surface area (Å²) in [6.07, 6.45) is 1.13. The Kier molecular flexibility index (Phi) is 3.78. The third-order valence-electron chi connectivity index (χ3n) is 1.66. The van der Waals surface area contributed by atoms with Gasteiger partial charge in [0.1, 0.15) is 15.7 Å². The number of rotatable bonds is 5. The zero-order valence-electron chi connectivity index (χ0n) is 8.54. The first kappa shape index (κ1) is 12.4. The van der Waals surface area contributed by atoms with E-state index < -0.39 is 15.8 Å². The van der Waals surface area contributed by atoms with Crippen LogP contribution in [0.3, 0.4) is 0 Å². The van der Waals surface area contributed by atoms with E-state index in [1.165, 1.54) is 12.1 Å². The topological polar surface area (TPSA) is 109 Å². The summed E-state index contributed by atoms with van der Waals surface area (Å²) in [4.78, 5) is 10.5. The molecular weight excluding hydrogens is 234 g/mol. The van der Waals surface area contributed by atoms with Crippen LogP contribution in [0.1, 0.15) is 10.5 Å². The number of aromatic carboxylic acids is 1. The first-order chi connectivity index (χ1) is 7.38. The first-order valence-electron chi connectivity index (χ1n) is 4.37. The smallest absolute Gasteiger partial charge is 0.356 e. The predicted octanol–water partition coefficient (Wildman–Crippen LogP) is -0.369. The highest BCUT2D eigenvalue weighted by Gasteiger charge is 2.05. The zero-order chi connectivity index (χ0) is 12.2. The molecule has 16 heavy (non-hydrogen) atoms. The highest BCUT2D eigenvalue weighted by Crippen LogP contribution is 2.01. The van der Waals surface area contributed by atoms with Gasteiger partial charge >= 0.3 is 5.97 Å². The van der Waals surface area contributed by atoms with Gasteiger partial charge in [-0.1, -0.05) is 0 Å². The third-order valence-corrected chi connectivity index (χ3v) is 2.61. The molecule has 0 saturated heterocycles. The Bertz CT molecular complexity index is 469. The monoisotopic (exact) mass is 245 g/mol. The average molecular weight is 245 g/mol. The van der Waals surface area contributed by atoms with Gasteiger partial charge in [0.25, 0.3) is 0 Å². The molecule has 0 aliphatic rings. The Morgan fingerprint density at radius 3 is 2.56 bits per heavy atom. The number of hydrogen-bond acceptors (Lipinski definition) is 6. The second-order valence-electron chi connectivity index (χ2n) is 3.17. The summed E-state index contributed by atoms with van der Waals surface area (Å²) in [6, 6.07) is 2.72. The Hall–Kier alpha value is -1.70. The van der Waals surface area contributed by atoms with Gasteiger partial charge in [-0.3, -0.25) is 0 Å². The lowest BCUT2D eigenvalue weighted by molar-refractivity contribution is 0.0689. The molecule has 0 aliphatic carbocycles. The minimum atomic E-state index is -3.02. The summed E-state index contributed by atoms with van der Waals surface area (Å²) in [5, 5.41) is 18.3. The largest absolute Gasteiger partial charge is 0.476 e. The van der Waals surface area contributed by atoms with Crippen LogP contribution in [0.2, 0.25) is 0 Å². The van der Waals surface area contributed by atoms with Crippen LogP contribution in [-0.2, 0) is 9.84 Å². The zero-order valence-corrected chi connectivity index (χ0v) is 9.36. The van der Waals surface area contributed by atoms with Crippen molar-refractivity contribution in [3.8, 4) is 0 Å². The van der Waals surface area contributed by atoms with E-state index in [9.17, 15) is 13.2 Å². The first-order valence-corrected chi connectivity index (χ1v) is 6.43.